The van der Waals surface area contributed by atoms with Crippen LogP contribution in [0.3, 0.4) is 0 Å². The van der Waals surface area contributed by atoms with E-state index in [2.05, 4.69) is 0 Å². The number of piperidine rings is 1. The van der Waals surface area contributed by atoms with Crippen LogP contribution in [0.4, 0.5) is 8.78 Å². The van der Waals surface area contributed by atoms with Gasteiger partial charge in [0.15, 0.2) is 4.90 Å². The van der Waals surface area contributed by atoms with Crippen molar-refractivity contribution in [3.8, 4) is 0 Å². The molecular formula is C14H17F2NO4S. The zero-order valence-electron chi connectivity index (χ0n) is 12.1. The predicted molar refractivity (Wildman–Crippen MR) is 74.5 cm³/mol. The summed E-state index contributed by atoms with van der Waals surface area (Å²) in [5.74, 6) is -3.38. The summed E-state index contributed by atoms with van der Waals surface area (Å²) in [7, 11) is -4.33. The van der Waals surface area contributed by atoms with Crippen LogP contribution in [-0.4, -0.2) is 38.4 Å². The molecule has 1 heterocycles. The molecule has 1 aliphatic rings. The second kappa shape index (κ2) is 6.70. The maximum atomic E-state index is 13.7. The van der Waals surface area contributed by atoms with E-state index < -0.39 is 38.4 Å². The lowest BCUT2D eigenvalue weighted by Gasteiger charge is -2.30. The van der Waals surface area contributed by atoms with E-state index >= 15 is 0 Å². The monoisotopic (exact) mass is 333 g/mol. The van der Waals surface area contributed by atoms with E-state index in [-0.39, 0.29) is 19.7 Å². The zero-order valence-corrected chi connectivity index (χ0v) is 12.9. The predicted octanol–water partition coefficient (Wildman–Crippen LogP) is 1.93. The van der Waals surface area contributed by atoms with Crippen molar-refractivity contribution in [1.29, 1.82) is 0 Å². The smallest absolute Gasteiger partial charge is 0.310 e. The number of benzene rings is 1. The van der Waals surface area contributed by atoms with Gasteiger partial charge in [-0.1, -0.05) is 6.07 Å². The summed E-state index contributed by atoms with van der Waals surface area (Å²) >= 11 is 0. The molecule has 0 saturated carbocycles. The zero-order chi connectivity index (χ0) is 16.3. The first kappa shape index (κ1) is 16.8. The Balaban J connectivity index is 2.28. The summed E-state index contributed by atoms with van der Waals surface area (Å²) in [6, 6.07) is 2.88. The molecule has 1 atom stereocenters. The molecule has 1 aliphatic heterocycles. The van der Waals surface area contributed by atoms with Crippen LogP contribution in [0.1, 0.15) is 19.8 Å². The minimum Gasteiger partial charge on any atom is -0.466 e. The number of hydrogen-bond acceptors (Lipinski definition) is 4. The first-order valence-electron chi connectivity index (χ1n) is 6.98. The van der Waals surface area contributed by atoms with Gasteiger partial charge < -0.3 is 4.74 Å². The van der Waals surface area contributed by atoms with Gasteiger partial charge in [-0.2, -0.15) is 4.31 Å². The van der Waals surface area contributed by atoms with Crippen LogP contribution in [0, 0.1) is 17.6 Å². The van der Waals surface area contributed by atoms with Gasteiger partial charge in [-0.15, -0.1) is 0 Å². The fraction of sp³-hybridized carbons (Fsp3) is 0.500. The number of halogens is 2. The highest BCUT2D eigenvalue weighted by molar-refractivity contribution is 7.89. The van der Waals surface area contributed by atoms with Crippen molar-refractivity contribution in [1.82, 2.24) is 4.31 Å². The quantitative estimate of drug-likeness (QED) is 0.790. The van der Waals surface area contributed by atoms with Crippen molar-refractivity contribution >= 4 is 16.0 Å². The first-order chi connectivity index (χ1) is 10.4. The lowest BCUT2D eigenvalue weighted by atomic mass is 10.0. The van der Waals surface area contributed by atoms with Crippen LogP contribution in [0.5, 0.6) is 0 Å². The summed E-state index contributed by atoms with van der Waals surface area (Å²) in [5.41, 5.74) is 0. The Kier molecular flexibility index (Phi) is 5.12. The third-order valence-corrected chi connectivity index (χ3v) is 5.44. The largest absolute Gasteiger partial charge is 0.466 e. The van der Waals surface area contributed by atoms with Gasteiger partial charge in [-0.3, -0.25) is 4.79 Å². The standard InChI is InChI=1S/C14H17F2NO4S/c1-2-21-14(18)10-5-4-8-17(9-10)22(19,20)13-11(15)6-3-7-12(13)16/h3,6-7,10H,2,4-5,8-9H2,1H3/t10-/m1/s1. The van der Waals surface area contributed by atoms with Gasteiger partial charge in [0.05, 0.1) is 12.5 Å². The number of nitrogens with zero attached hydrogens (tertiary/aromatic N) is 1. The van der Waals surface area contributed by atoms with Crippen LogP contribution in [0.15, 0.2) is 23.1 Å². The lowest BCUT2D eigenvalue weighted by Crippen LogP contribution is -2.43. The molecule has 2 rings (SSSR count). The van der Waals surface area contributed by atoms with Crippen molar-refractivity contribution in [2.45, 2.75) is 24.7 Å². The van der Waals surface area contributed by atoms with Gasteiger partial charge in [0.1, 0.15) is 11.6 Å². The minimum atomic E-state index is -4.33. The van der Waals surface area contributed by atoms with Crippen molar-refractivity contribution in [3.63, 3.8) is 0 Å². The number of sulfonamides is 1. The second-order valence-electron chi connectivity index (χ2n) is 5.01. The van der Waals surface area contributed by atoms with Crippen LogP contribution in [0.2, 0.25) is 0 Å². The Labute approximate surface area is 127 Å². The number of rotatable bonds is 4. The third kappa shape index (κ3) is 3.27. The Morgan fingerprint density at radius 3 is 2.59 bits per heavy atom. The minimum absolute atomic E-state index is 0.117. The van der Waals surface area contributed by atoms with Crippen molar-refractivity contribution in [2.24, 2.45) is 5.92 Å². The van der Waals surface area contributed by atoms with Gasteiger partial charge in [0.25, 0.3) is 0 Å². The fourth-order valence-electron chi connectivity index (χ4n) is 2.47. The molecule has 1 saturated heterocycles. The number of hydrogen-bond donors (Lipinski definition) is 0. The SMILES string of the molecule is CCOC(=O)[C@@H]1CCCN(S(=O)(=O)c2c(F)cccc2F)C1. The van der Waals surface area contributed by atoms with Crippen LogP contribution >= 0.6 is 0 Å². The maximum Gasteiger partial charge on any atom is 0.310 e. The van der Waals surface area contributed by atoms with Gasteiger partial charge >= 0.3 is 5.97 Å². The highest BCUT2D eigenvalue weighted by Gasteiger charge is 2.36. The average Bonchev–Trinajstić information content (AvgIpc) is 2.47. The van der Waals surface area contributed by atoms with Gasteiger partial charge in [0.2, 0.25) is 10.0 Å². The number of carbonyl (C=O) groups is 1. The molecule has 0 aromatic heterocycles. The number of carbonyl (C=O) groups excluding carboxylic acids is 1. The van der Waals surface area contributed by atoms with E-state index in [0.717, 1.165) is 22.5 Å². The van der Waals surface area contributed by atoms with Crippen molar-refractivity contribution in [3.05, 3.63) is 29.8 Å². The van der Waals surface area contributed by atoms with Gasteiger partial charge in [0, 0.05) is 13.1 Å². The molecule has 0 radical (unpaired) electrons. The molecule has 5 nitrogen and oxygen atoms in total. The molecule has 0 unspecified atom stereocenters. The van der Waals surface area contributed by atoms with Gasteiger partial charge in [-0.25, -0.2) is 17.2 Å². The first-order valence-corrected chi connectivity index (χ1v) is 8.42. The van der Waals surface area contributed by atoms with Crippen LogP contribution < -0.4 is 0 Å². The highest BCUT2D eigenvalue weighted by Crippen LogP contribution is 2.27. The summed E-state index contributed by atoms with van der Waals surface area (Å²) < 4.78 is 58.2. The lowest BCUT2D eigenvalue weighted by molar-refractivity contribution is -0.149. The Morgan fingerprint density at radius 1 is 1.36 bits per heavy atom. The van der Waals surface area contributed by atoms with E-state index in [4.69, 9.17) is 4.74 Å². The molecule has 1 fully saturated rings. The van der Waals surface area contributed by atoms with E-state index in [9.17, 15) is 22.0 Å². The van der Waals surface area contributed by atoms with Gasteiger partial charge in [-0.05, 0) is 31.9 Å². The number of esters is 1. The molecule has 0 amide bonds. The molecule has 0 N–H and O–H groups in total. The molecule has 1 aromatic carbocycles. The fourth-order valence-corrected chi connectivity index (χ4v) is 4.10. The summed E-state index contributed by atoms with van der Waals surface area (Å²) in [6.45, 7) is 1.84. The topological polar surface area (TPSA) is 63.7 Å². The Hall–Kier alpha value is -1.54. The second-order valence-corrected chi connectivity index (χ2v) is 6.88. The molecular weight excluding hydrogens is 316 g/mol. The summed E-state index contributed by atoms with van der Waals surface area (Å²) in [5, 5.41) is 0. The van der Waals surface area contributed by atoms with Crippen molar-refractivity contribution < 1.29 is 26.7 Å². The average molecular weight is 333 g/mol. The van der Waals surface area contributed by atoms with Crippen LogP contribution in [-0.2, 0) is 19.6 Å². The molecule has 0 spiro atoms. The maximum absolute atomic E-state index is 13.7. The third-order valence-electron chi connectivity index (χ3n) is 3.52. The van der Waals surface area contributed by atoms with E-state index in [0.29, 0.717) is 12.8 Å². The van der Waals surface area contributed by atoms with Crippen molar-refractivity contribution in [2.75, 3.05) is 19.7 Å². The molecule has 0 bridgehead atoms. The Morgan fingerprint density at radius 2 is 2.00 bits per heavy atom. The van der Waals surface area contributed by atoms with Crippen LogP contribution in [0.25, 0.3) is 0 Å². The molecule has 122 valence electrons. The van der Waals surface area contributed by atoms with E-state index in [1.54, 1.807) is 6.92 Å². The summed E-state index contributed by atoms with van der Waals surface area (Å²) in [4.78, 5) is 10.8. The highest BCUT2D eigenvalue weighted by atomic mass is 32.2. The molecule has 8 heteroatoms. The summed E-state index contributed by atoms with van der Waals surface area (Å²) in [6.07, 6.45) is 0.920. The Bertz CT molecular complexity index is 643. The van der Waals surface area contributed by atoms with E-state index in [1.165, 1.54) is 0 Å². The molecule has 1 aromatic rings. The number of ether oxygens (including phenoxy) is 1. The normalized spacial score (nSPS) is 19.9. The van der Waals surface area contributed by atoms with E-state index in [1.807, 2.05) is 0 Å². The molecule has 22 heavy (non-hydrogen) atoms. The molecule has 0 aliphatic carbocycles.